The van der Waals surface area contributed by atoms with E-state index in [0.29, 0.717) is 12.0 Å². The molecule has 2 aliphatic rings. The fourth-order valence-corrected chi connectivity index (χ4v) is 3.65. The molecule has 0 aliphatic heterocycles. The van der Waals surface area contributed by atoms with Gasteiger partial charge < -0.3 is 9.73 Å². The lowest BCUT2D eigenvalue weighted by Gasteiger charge is -2.29. The molecule has 0 unspecified atom stereocenters. The summed E-state index contributed by atoms with van der Waals surface area (Å²) >= 11 is 0. The van der Waals surface area contributed by atoms with Crippen molar-refractivity contribution in [3.05, 3.63) is 51.8 Å². The molecule has 4 rings (SSSR count). The molecule has 0 aromatic carbocycles. The van der Waals surface area contributed by atoms with Crippen molar-refractivity contribution in [3.63, 3.8) is 0 Å². The molecule has 2 saturated carbocycles. The summed E-state index contributed by atoms with van der Waals surface area (Å²) in [4.78, 5) is 12.2. The molecular formula is C19H25N3O2. The molecule has 0 bridgehead atoms. The average Bonchev–Trinajstić information content (AvgIpc) is 3.36. The summed E-state index contributed by atoms with van der Waals surface area (Å²) < 4.78 is 7.35. The second-order valence-electron chi connectivity index (χ2n) is 7.21. The number of furan rings is 1. The normalized spacial score (nSPS) is 24.2. The van der Waals surface area contributed by atoms with Gasteiger partial charge in [-0.1, -0.05) is 0 Å². The first-order valence-corrected chi connectivity index (χ1v) is 9.07. The highest BCUT2D eigenvalue weighted by Gasteiger charge is 2.28. The molecule has 0 atom stereocenters. The van der Waals surface area contributed by atoms with Gasteiger partial charge in [-0.3, -0.25) is 4.79 Å². The quantitative estimate of drug-likeness (QED) is 0.915. The number of aromatic nitrogens is 2. The van der Waals surface area contributed by atoms with Crippen molar-refractivity contribution >= 4 is 0 Å². The van der Waals surface area contributed by atoms with Crippen LogP contribution in [0.2, 0.25) is 0 Å². The maximum Gasteiger partial charge on any atom is 0.267 e. The van der Waals surface area contributed by atoms with Gasteiger partial charge in [-0.05, 0) is 63.6 Å². The molecule has 2 aliphatic carbocycles. The van der Waals surface area contributed by atoms with Crippen LogP contribution in [-0.2, 0) is 6.54 Å². The Kier molecular flexibility index (Phi) is 4.27. The van der Waals surface area contributed by atoms with Crippen LogP contribution in [-0.4, -0.2) is 15.8 Å². The van der Waals surface area contributed by atoms with Gasteiger partial charge in [0.05, 0.1) is 18.3 Å². The van der Waals surface area contributed by atoms with Gasteiger partial charge in [0.1, 0.15) is 11.5 Å². The third kappa shape index (κ3) is 3.46. The highest BCUT2D eigenvalue weighted by Crippen LogP contribution is 2.38. The summed E-state index contributed by atoms with van der Waals surface area (Å²) in [6.07, 6.45) is 6.60. The van der Waals surface area contributed by atoms with Gasteiger partial charge in [-0.2, -0.15) is 5.10 Å². The van der Waals surface area contributed by atoms with Gasteiger partial charge in [-0.15, -0.1) is 0 Å². The van der Waals surface area contributed by atoms with Gasteiger partial charge in [0.25, 0.3) is 5.56 Å². The monoisotopic (exact) mass is 327 g/mol. The Bertz CT molecular complexity index is 752. The van der Waals surface area contributed by atoms with Crippen LogP contribution in [0.4, 0.5) is 0 Å². The maximum atomic E-state index is 12.2. The largest absolute Gasteiger partial charge is 0.465 e. The molecule has 2 fully saturated rings. The number of hydrogen-bond donors (Lipinski definition) is 1. The summed E-state index contributed by atoms with van der Waals surface area (Å²) in [7, 11) is 0. The van der Waals surface area contributed by atoms with E-state index < -0.39 is 0 Å². The number of nitrogens with one attached hydrogen (secondary N) is 1. The SMILES string of the molecule is Cc1ccc(CNC2CCC(n3nc(C4CC4)ccc3=O)CC2)o1. The summed E-state index contributed by atoms with van der Waals surface area (Å²) in [5.41, 5.74) is 1.14. The zero-order valence-electron chi connectivity index (χ0n) is 14.2. The zero-order valence-corrected chi connectivity index (χ0v) is 14.2. The third-order valence-corrected chi connectivity index (χ3v) is 5.24. The number of nitrogens with zero attached hydrogens (tertiary/aromatic N) is 2. The predicted octanol–water partition coefficient (Wildman–Crippen LogP) is 3.30. The van der Waals surface area contributed by atoms with Gasteiger partial charge in [0.15, 0.2) is 0 Å². The topological polar surface area (TPSA) is 60.1 Å². The Labute approximate surface area is 142 Å². The van der Waals surface area contributed by atoms with Crippen molar-refractivity contribution in [1.82, 2.24) is 15.1 Å². The summed E-state index contributed by atoms with van der Waals surface area (Å²) in [6.45, 7) is 2.74. The van der Waals surface area contributed by atoms with Gasteiger partial charge in [-0.25, -0.2) is 4.68 Å². The molecule has 0 radical (unpaired) electrons. The number of rotatable bonds is 5. The van der Waals surface area contributed by atoms with E-state index in [0.717, 1.165) is 49.4 Å². The second-order valence-corrected chi connectivity index (χ2v) is 7.21. The highest BCUT2D eigenvalue weighted by atomic mass is 16.3. The maximum absolute atomic E-state index is 12.2. The molecule has 0 spiro atoms. The van der Waals surface area contributed by atoms with E-state index in [9.17, 15) is 4.79 Å². The van der Waals surface area contributed by atoms with Crippen molar-refractivity contribution in [1.29, 1.82) is 0 Å². The van der Waals surface area contributed by atoms with Crippen LogP contribution in [0.25, 0.3) is 0 Å². The Morgan fingerprint density at radius 1 is 1.12 bits per heavy atom. The van der Waals surface area contributed by atoms with Crippen molar-refractivity contribution in [2.75, 3.05) is 0 Å². The fraction of sp³-hybridized carbons (Fsp3) is 0.579. The van der Waals surface area contributed by atoms with E-state index in [-0.39, 0.29) is 11.6 Å². The first kappa shape index (κ1) is 15.6. The minimum absolute atomic E-state index is 0.0434. The van der Waals surface area contributed by atoms with E-state index >= 15 is 0 Å². The predicted molar refractivity (Wildman–Crippen MR) is 92.0 cm³/mol. The molecule has 2 heterocycles. The summed E-state index contributed by atoms with van der Waals surface area (Å²) in [5, 5.41) is 8.22. The molecule has 5 nitrogen and oxygen atoms in total. The number of hydrogen-bond acceptors (Lipinski definition) is 4. The van der Waals surface area contributed by atoms with E-state index in [1.165, 1.54) is 12.8 Å². The smallest absolute Gasteiger partial charge is 0.267 e. The van der Waals surface area contributed by atoms with E-state index in [1.807, 2.05) is 25.1 Å². The minimum Gasteiger partial charge on any atom is -0.465 e. The Hall–Kier alpha value is -1.88. The average molecular weight is 327 g/mol. The summed E-state index contributed by atoms with van der Waals surface area (Å²) in [6, 6.07) is 8.38. The Morgan fingerprint density at radius 2 is 1.92 bits per heavy atom. The van der Waals surface area contributed by atoms with Crippen molar-refractivity contribution in [2.45, 2.75) is 70.0 Å². The molecule has 5 heteroatoms. The lowest BCUT2D eigenvalue weighted by atomic mass is 9.91. The first-order valence-electron chi connectivity index (χ1n) is 9.07. The molecular weight excluding hydrogens is 302 g/mol. The number of aryl methyl sites for hydroxylation is 1. The molecule has 1 N–H and O–H groups in total. The molecule has 128 valence electrons. The van der Waals surface area contributed by atoms with Crippen molar-refractivity contribution < 1.29 is 4.42 Å². The lowest BCUT2D eigenvalue weighted by Crippen LogP contribution is -2.36. The van der Waals surface area contributed by atoms with Gasteiger partial charge in [0.2, 0.25) is 0 Å². The first-order chi connectivity index (χ1) is 11.7. The van der Waals surface area contributed by atoms with Crippen LogP contribution in [0.15, 0.2) is 33.5 Å². The molecule has 2 aromatic heterocycles. The van der Waals surface area contributed by atoms with Crippen LogP contribution in [0.1, 0.15) is 67.7 Å². The van der Waals surface area contributed by atoms with Crippen LogP contribution < -0.4 is 10.9 Å². The van der Waals surface area contributed by atoms with Crippen LogP contribution in [0.3, 0.4) is 0 Å². The van der Waals surface area contributed by atoms with E-state index in [1.54, 1.807) is 10.7 Å². The second kappa shape index (κ2) is 6.55. The molecule has 0 saturated heterocycles. The molecule has 2 aromatic rings. The molecule has 0 amide bonds. The van der Waals surface area contributed by atoms with Crippen molar-refractivity contribution in [2.24, 2.45) is 0 Å². The van der Waals surface area contributed by atoms with Crippen molar-refractivity contribution in [3.8, 4) is 0 Å². The standard InChI is InChI=1S/C19H25N3O2/c1-13-2-9-17(24-13)12-20-15-5-7-16(8-6-15)22-19(23)11-10-18(21-22)14-3-4-14/h2,9-11,14-16,20H,3-8,12H2,1H3. The Balaban J connectivity index is 1.34. The molecule has 24 heavy (non-hydrogen) atoms. The van der Waals surface area contributed by atoms with Crippen LogP contribution >= 0.6 is 0 Å². The van der Waals surface area contributed by atoms with Gasteiger partial charge >= 0.3 is 0 Å². The highest BCUT2D eigenvalue weighted by molar-refractivity contribution is 5.13. The van der Waals surface area contributed by atoms with Crippen LogP contribution in [0.5, 0.6) is 0 Å². The van der Waals surface area contributed by atoms with E-state index in [4.69, 9.17) is 4.42 Å². The van der Waals surface area contributed by atoms with E-state index in [2.05, 4.69) is 10.4 Å². The minimum atomic E-state index is 0.0434. The fourth-order valence-electron chi connectivity index (χ4n) is 3.65. The van der Waals surface area contributed by atoms with Crippen LogP contribution in [0, 0.1) is 6.92 Å². The van der Waals surface area contributed by atoms with Gasteiger partial charge in [0, 0.05) is 18.0 Å². The third-order valence-electron chi connectivity index (χ3n) is 5.24. The zero-order chi connectivity index (χ0) is 16.5. The summed E-state index contributed by atoms with van der Waals surface area (Å²) in [5.74, 6) is 2.53. The lowest BCUT2D eigenvalue weighted by molar-refractivity contribution is 0.263. The Morgan fingerprint density at radius 3 is 2.58 bits per heavy atom.